The molecule has 258 valence electrons. The normalized spacial score (nSPS) is 13.2. The van der Waals surface area contributed by atoms with E-state index in [1.807, 2.05) is 0 Å². The third-order valence-corrected chi connectivity index (χ3v) is 9.56. The van der Waals surface area contributed by atoms with Crippen LogP contribution in [0.2, 0.25) is 0 Å². The Balaban J connectivity index is 1.87. The van der Waals surface area contributed by atoms with Gasteiger partial charge in [-0.15, -0.1) is 11.3 Å². The number of halogens is 7. The molecular weight excluding hydrogens is 708 g/mol. The fourth-order valence-corrected chi connectivity index (χ4v) is 6.85. The topological polar surface area (TPSA) is 114 Å². The number of fused-ring (bicyclic) bond motifs is 1. The van der Waals surface area contributed by atoms with E-state index in [1.54, 1.807) is 13.8 Å². The molecule has 2 aromatic carbocycles. The van der Waals surface area contributed by atoms with Gasteiger partial charge in [0.1, 0.15) is 4.88 Å². The smallest absolute Gasteiger partial charge is 0.432 e. The summed E-state index contributed by atoms with van der Waals surface area (Å²) >= 11 is 1.32. The fourth-order valence-electron chi connectivity index (χ4n) is 3.58. The Labute approximate surface area is 271 Å². The molecule has 0 amide bonds. The number of alkyl halides is 2. The highest BCUT2D eigenvalue weighted by Crippen LogP contribution is 2.67. The highest BCUT2D eigenvalue weighted by Gasteiger charge is 2.55. The molecule has 0 fully saturated rings. The number of rotatable bonds is 14. The Bertz CT molecular complexity index is 1670. The number of carbonyl (C=O) groups excluding carboxylic acids is 3. The lowest BCUT2D eigenvalue weighted by molar-refractivity contribution is -0.111. The zero-order valence-electron chi connectivity index (χ0n) is 24.9. The maximum absolute atomic E-state index is 15.8. The highest BCUT2D eigenvalue weighted by atomic mass is 32.2. The van der Waals surface area contributed by atoms with Crippen molar-refractivity contribution in [1.29, 1.82) is 0 Å². The van der Waals surface area contributed by atoms with E-state index in [-0.39, 0.29) is 33.3 Å². The summed E-state index contributed by atoms with van der Waals surface area (Å²) in [6.45, 7) is 4.63. The van der Waals surface area contributed by atoms with Gasteiger partial charge in [0.2, 0.25) is 41.6 Å². The van der Waals surface area contributed by atoms with Gasteiger partial charge in [-0.05, 0) is 43.4 Å². The Hall–Kier alpha value is -3.18. The molecular formula is C28H26F7O9PS2. The third kappa shape index (κ3) is 9.25. The van der Waals surface area contributed by atoms with Crippen LogP contribution in [0, 0.1) is 35.0 Å². The van der Waals surface area contributed by atoms with Crippen molar-refractivity contribution in [3.05, 3.63) is 63.8 Å². The number of ether oxygens (including phenoxy) is 3. The average Bonchev–Trinajstić information content (AvgIpc) is 3.42. The Kier molecular flexibility index (Phi) is 12.9. The van der Waals surface area contributed by atoms with E-state index < -0.39 is 90.2 Å². The first-order valence-corrected chi connectivity index (χ1v) is 16.8. The van der Waals surface area contributed by atoms with E-state index in [0.717, 1.165) is 36.0 Å². The lowest BCUT2D eigenvalue weighted by Crippen LogP contribution is -2.21. The summed E-state index contributed by atoms with van der Waals surface area (Å²) in [6.07, 6.45) is -1.75. The SMILES string of the molecule is CC(C)CC(=O)SCCOP(=O)(OCOC(=O)OC(C)C)C(F)(F)c1ccc2sc(C(=O)Oc3c(F)c(F)c(F)c(F)c3F)cc2c1. The molecule has 1 unspecified atom stereocenters. The zero-order valence-corrected chi connectivity index (χ0v) is 27.4. The molecule has 0 radical (unpaired) electrons. The van der Waals surface area contributed by atoms with Crippen LogP contribution in [-0.4, -0.2) is 42.5 Å². The predicted octanol–water partition coefficient (Wildman–Crippen LogP) is 8.92. The lowest BCUT2D eigenvalue weighted by atomic mass is 10.1. The van der Waals surface area contributed by atoms with Crippen LogP contribution in [0.4, 0.5) is 35.5 Å². The van der Waals surface area contributed by atoms with Crippen molar-refractivity contribution < 1.29 is 72.9 Å². The second-order valence-electron chi connectivity index (χ2n) is 10.2. The largest absolute Gasteiger partial charge is 0.510 e. The third-order valence-electron chi connectivity index (χ3n) is 5.69. The standard InChI is InChI=1S/C28H26F7O9PS2/c1-13(2)9-19(36)46-8-7-41-45(39,42-12-40-27(38)43-14(3)4)28(34,35)16-5-6-17-15(10-16)11-18(47-17)26(37)44-25-23(32)21(30)20(29)22(31)24(25)33/h5-6,10-11,13-14H,7-9,12H2,1-4H3. The quantitative estimate of drug-likeness (QED) is 0.0233. The number of hydrogen-bond donors (Lipinski definition) is 0. The maximum Gasteiger partial charge on any atom is 0.510 e. The molecule has 47 heavy (non-hydrogen) atoms. The fraction of sp³-hybridized carbons (Fsp3) is 0.393. The summed E-state index contributed by atoms with van der Waals surface area (Å²) in [5.41, 5.74) is -5.41. The van der Waals surface area contributed by atoms with Crippen molar-refractivity contribution in [3.63, 3.8) is 0 Å². The molecule has 9 nitrogen and oxygen atoms in total. The molecule has 0 aliphatic heterocycles. The number of thiophene rings is 1. The minimum absolute atomic E-state index is 0.0306. The predicted molar refractivity (Wildman–Crippen MR) is 156 cm³/mol. The van der Waals surface area contributed by atoms with Crippen LogP contribution in [-0.2, 0) is 33.5 Å². The molecule has 0 aliphatic carbocycles. The molecule has 19 heteroatoms. The average molecular weight is 735 g/mol. The van der Waals surface area contributed by atoms with Gasteiger partial charge in [-0.1, -0.05) is 31.7 Å². The van der Waals surface area contributed by atoms with Gasteiger partial charge in [0.15, 0.2) is 5.12 Å². The molecule has 0 saturated carbocycles. The van der Waals surface area contributed by atoms with Crippen LogP contribution in [0.15, 0.2) is 24.3 Å². The monoisotopic (exact) mass is 734 g/mol. The summed E-state index contributed by atoms with van der Waals surface area (Å²) in [4.78, 5) is 35.7. The molecule has 1 aromatic heterocycles. The summed E-state index contributed by atoms with van der Waals surface area (Å²) < 4.78 is 137. The molecule has 0 saturated heterocycles. The van der Waals surface area contributed by atoms with E-state index in [0.29, 0.717) is 11.3 Å². The first kappa shape index (κ1) is 38.3. The minimum Gasteiger partial charge on any atom is -0.432 e. The van der Waals surface area contributed by atoms with Crippen molar-refractivity contribution in [2.75, 3.05) is 19.2 Å². The van der Waals surface area contributed by atoms with Gasteiger partial charge in [-0.3, -0.25) is 13.9 Å². The first-order chi connectivity index (χ1) is 21.9. The van der Waals surface area contributed by atoms with E-state index in [2.05, 4.69) is 9.47 Å². The van der Waals surface area contributed by atoms with Gasteiger partial charge in [0, 0.05) is 22.4 Å². The van der Waals surface area contributed by atoms with Crippen LogP contribution < -0.4 is 4.74 Å². The van der Waals surface area contributed by atoms with Crippen molar-refractivity contribution >= 4 is 58.0 Å². The molecule has 0 bridgehead atoms. The van der Waals surface area contributed by atoms with Crippen molar-refractivity contribution in [3.8, 4) is 5.75 Å². The van der Waals surface area contributed by atoms with E-state index in [1.165, 1.54) is 13.8 Å². The van der Waals surface area contributed by atoms with Gasteiger partial charge >= 0.3 is 25.4 Å². The zero-order chi connectivity index (χ0) is 35.3. The molecule has 3 rings (SSSR count). The van der Waals surface area contributed by atoms with E-state index in [4.69, 9.17) is 13.8 Å². The Morgan fingerprint density at radius 3 is 2.13 bits per heavy atom. The molecule has 3 aromatic rings. The Morgan fingerprint density at radius 1 is 0.915 bits per heavy atom. The van der Waals surface area contributed by atoms with Crippen LogP contribution >= 0.6 is 30.7 Å². The van der Waals surface area contributed by atoms with Gasteiger partial charge in [0.05, 0.1) is 12.7 Å². The van der Waals surface area contributed by atoms with Gasteiger partial charge in [-0.2, -0.15) is 17.6 Å². The Morgan fingerprint density at radius 2 is 1.53 bits per heavy atom. The second kappa shape index (κ2) is 15.8. The number of hydrogen-bond acceptors (Lipinski definition) is 11. The number of carbonyl (C=O) groups is 3. The summed E-state index contributed by atoms with van der Waals surface area (Å²) in [5.74, 6) is -15.6. The lowest BCUT2D eigenvalue weighted by Gasteiger charge is -2.26. The second-order valence-corrected chi connectivity index (χ2v) is 14.5. The number of thioether (sulfide) groups is 1. The first-order valence-electron chi connectivity index (χ1n) is 13.4. The van der Waals surface area contributed by atoms with Gasteiger partial charge in [0.25, 0.3) is 0 Å². The van der Waals surface area contributed by atoms with Gasteiger partial charge in [-0.25, -0.2) is 22.8 Å². The van der Waals surface area contributed by atoms with E-state index >= 15 is 8.78 Å². The molecule has 1 heterocycles. The highest BCUT2D eigenvalue weighted by molar-refractivity contribution is 8.13. The molecule has 0 N–H and O–H groups in total. The molecule has 1 atom stereocenters. The maximum atomic E-state index is 15.8. The van der Waals surface area contributed by atoms with Crippen LogP contribution in [0.25, 0.3) is 10.1 Å². The van der Waals surface area contributed by atoms with Crippen LogP contribution in [0.1, 0.15) is 49.4 Å². The van der Waals surface area contributed by atoms with Crippen molar-refractivity contribution in [2.24, 2.45) is 5.92 Å². The van der Waals surface area contributed by atoms with Crippen LogP contribution in [0.5, 0.6) is 5.75 Å². The minimum atomic E-state index is -5.55. The number of esters is 1. The summed E-state index contributed by atoms with van der Waals surface area (Å²) in [6, 6.07) is 3.55. The van der Waals surface area contributed by atoms with Crippen molar-refractivity contribution in [2.45, 2.75) is 45.9 Å². The molecule has 0 spiro atoms. The summed E-state index contributed by atoms with van der Waals surface area (Å²) in [5, 5.41) is -0.377. The van der Waals surface area contributed by atoms with E-state index in [9.17, 15) is 40.9 Å². The molecule has 0 aliphatic rings. The van der Waals surface area contributed by atoms with Crippen molar-refractivity contribution in [1.82, 2.24) is 0 Å². The number of benzene rings is 2. The van der Waals surface area contributed by atoms with Crippen LogP contribution in [0.3, 0.4) is 0 Å². The van der Waals surface area contributed by atoms with Gasteiger partial charge < -0.3 is 18.7 Å². The summed E-state index contributed by atoms with van der Waals surface area (Å²) in [7, 11) is -5.55.